The topological polar surface area (TPSA) is 84.4 Å². The van der Waals surface area contributed by atoms with Crippen molar-refractivity contribution in [3.8, 4) is 23.2 Å². The number of carbonyl (C=O) groups is 1. The summed E-state index contributed by atoms with van der Waals surface area (Å²) in [4.78, 5) is 17.5. The van der Waals surface area contributed by atoms with Crippen molar-refractivity contribution in [3.05, 3.63) is 59.8 Å². The van der Waals surface area contributed by atoms with E-state index >= 15 is 0 Å². The normalized spacial score (nSPS) is 22.5. The lowest BCUT2D eigenvalue weighted by molar-refractivity contribution is -0.128. The van der Waals surface area contributed by atoms with Crippen molar-refractivity contribution in [2.24, 2.45) is 17.8 Å². The Morgan fingerprint density at radius 2 is 2.03 bits per heavy atom. The number of hydrogen-bond acceptors (Lipinski definition) is 5. The second kappa shape index (κ2) is 7.71. The first-order valence-electron chi connectivity index (χ1n) is 10.5. The molecule has 1 aliphatic carbocycles. The molecule has 1 N–H and O–H groups in total. The molecule has 0 bridgehead atoms. The predicted octanol–water partition coefficient (Wildman–Crippen LogP) is 2.72. The predicted molar refractivity (Wildman–Crippen MR) is 114 cm³/mol. The summed E-state index contributed by atoms with van der Waals surface area (Å²) in [5.74, 6) is 9.63. The number of nitrogens with zero attached hydrogens (tertiary/aromatic N) is 4. The van der Waals surface area contributed by atoms with Gasteiger partial charge in [-0.05, 0) is 43.0 Å². The number of likely N-dealkylation sites (tertiary alicyclic amines) is 1. The molecular formula is C24H24N4O3. The molecule has 3 heterocycles. The molecule has 2 aliphatic rings. The molecule has 7 heteroatoms. The minimum Gasteiger partial charge on any atom is -0.385 e. The quantitative estimate of drug-likeness (QED) is 0.661. The molecule has 1 aliphatic heterocycles. The fourth-order valence-corrected chi connectivity index (χ4v) is 4.40. The van der Waals surface area contributed by atoms with Gasteiger partial charge in [0.2, 0.25) is 5.91 Å². The molecule has 4 atom stereocenters. The third-order valence-electron chi connectivity index (χ3n) is 6.20. The van der Waals surface area contributed by atoms with Gasteiger partial charge in [-0.2, -0.15) is 0 Å². The van der Waals surface area contributed by atoms with Gasteiger partial charge in [0.25, 0.3) is 0 Å². The maximum atomic E-state index is 11.4. The van der Waals surface area contributed by atoms with E-state index in [0.29, 0.717) is 35.9 Å². The van der Waals surface area contributed by atoms with Crippen LogP contribution in [0.25, 0.3) is 11.3 Å². The highest BCUT2D eigenvalue weighted by Crippen LogP contribution is 2.51. The second-order valence-corrected chi connectivity index (χ2v) is 8.40. The smallest absolute Gasteiger partial charge is 0.219 e. The van der Waals surface area contributed by atoms with E-state index in [1.807, 2.05) is 46.0 Å². The highest BCUT2D eigenvalue weighted by molar-refractivity contribution is 5.74. The molecule has 1 amide bonds. The maximum absolute atomic E-state index is 11.4. The van der Waals surface area contributed by atoms with Crippen molar-refractivity contribution in [2.45, 2.75) is 26.5 Å². The first-order valence-corrected chi connectivity index (χ1v) is 10.5. The number of amides is 1. The van der Waals surface area contributed by atoms with Gasteiger partial charge in [0, 0.05) is 55.5 Å². The van der Waals surface area contributed by atoms with E-state index in [1.54, 1.807) is 20.0 Å². The lowest BCUT2D eigenvalue weighted by Gasteiger charge is -2.15. The molecule has 5 rings (SSSR count). The Morgan fingerprint density at radius 3 is 2.71 bits per heavy atom. The Labute approximate surface area is 180 Å². The zero-order chi connectivity index (χ0) is 21.5. The first kappa shape index (κ1) is 19.6. The van der Waals surface area contributed by atoms with Crippen LogP contribution >= 0.6 is 0 Å². The number of aliphatic hydroxyl groups is 1. The molecule has 0 radical (unpaired) electrons. The van der Waals surface area contributed by atoms with Crippen LogP contribution in [0.4, 0.5) is 0 Å². The van der Waals surface area contributed by atoms with E-state index in [4.69, 9.17) is 4.52 Å². The molecule has 1 aromatic carbocycles. The van der Waals surface area contributed by atoms with Crippen molar-refractivity contribution in [1.82, 2.24) is 19.6 Å². The lowest BCUT2D eigenvalue weighted by Crippen LogP contribution is -2.28. The number of aliphatic hydroxyl groups excluding tert-OH is 1. The number of hydrogen-bond donors (Lipinski definition) is 1. The Hall–Kier alpha value is -3.37. The van der Waals surface area contributed by atoms with Crippen LogP contribution in [0.5, 0.6) is 0 Å². The van der Waals surface area contributed by atoms with Gasteiger partial charge in [-0.3, -0.25) is 4.79 Å². The molecule has 158 valence electrons. The van der Waals surface area contributed by atoms with Crippen molar-refractivity contribution in [1.29, 1.82) is 0 Å². The third kappa shape index (κ3) is 3.87. The molecular weight excluding hydrogens is 392 g/mol. The van der Waals surface area contributed by atoms with Crippen LogP contribution in [0.15, 0.2) is 47.2 Å². The minimum atomic E-state index is -0.640. The van der Waals surface area contributed by atoms with Crippen LogP contribution < -0.4 is 0 Å². The second-order valence-electron chi connectivity index (χ2n) is 8.40. The van der Waals surface area contributed by atoms with Crippen LogP contribution in [-0.4, -0.2) is 43.7 Å². The van der Waals surface area contributed by atoms with Crippen molar-refractivity contribution < 1.29 is 14.4 Å². The SMILES string of the molecule is CC(=O)N1C[C@@H]2C(C#Cc3ccc(-c4cc(Cn5ccnc5[C@H](C)O)no4)cc3)[C@@H]2C1. The van der Waals surface area contributed by atoms with Crippen molar-refractivity contribution in [3.63, 3.8) is 0 Å². The highest BCUT2D eigenvalue weighted by Gasteiger charge is 2.55. The molecule has 0 spiro atoms. The summed E-state index contributed by atoms with van der Waals surface area (Å²) in [7, 11) is 0. The van der Waals surface area contributed by atoms with Gasteiger partial charge in [0.15, 0.2) is 5.76 Å². The summed E-state index contributed by atoms with van der Waals surface area (Å²) in [6.45, 7) is 5.51. The highest BCUT2D eigenvalue weighted by atomic mass is 16.5. The van der Waals surface area contributed by atoms with Crippen LogP contribution in [0.2, 0.25) is 0 Å². The molecule has 1 saturated carbocycles. The Kier molecular flexibility index (Phi) is 4.87. The monoisotopic (exact) mass is 416 g/mol. The van der Waals surface area contributed by atoms with E-state index in [0.717, 1.165) is 29.9 Å². The van der Waals surface area contributed by atoms with Crippen LogP contribution in [0, 0.1) is 29.6 Å². The molecule has 3 aromatic rings. The zero-order valence-electron chi connectivity index (χ0n) is 17.5. The fraction of sp³-hybridized carbons (Fsp3) is 0.375. The number of aromatic nitrogens is 3. The van der Waals surface area contributed by atoms with E-state index in [9.17, 15) is 9.90 Å². The van der Waals surface area contributed by atoms with Gasteiger partial charge in [0.1, 0.15) is 17.6 Å². The van der Waals surface area contributed by atoms with Gasteiger partial charge >= 0.3 is 0 Å². The summed E-state index contributed by atoms with van der Waals surface area (Å²) in [6.07, 6.45) is 2.84. The number of piperidine rings is 1. The van der Waals surface area contributed by atoms with E-state index in [1.165, 1.54) is 0 Å². The van der Waals surface area contributed by atoms with Gasteiger partial charge in [0.05, 0.1) is 6.54 Å². The molecule has 31 heavy (non-hydrogen) atoms. The van der Waals surface area contributed by atoms with Crippen LogP contribution in [0.1, 0.15) is 37.0 Å². The number of rotatable bonds is 4. The first-order chi connectivity index (χ1) is 15.0. The zero-order valence-corrected chi connectivity index (χ0v) is 17.5. The third-order valence-corrected chi connectivity index (χ3v) is 6.20. The Balaban J connectivity index is 1.22. The summed E-state index contributed by atoms with van der Waals surface area (Å²) in [5, 5.41) is 13.9. The van der Waals surface area contributed by atoms with E-state index in [2.05, 4.69) is 22.0 Å². The maximum Gasteiger partial charge on any atom is 0.219 e. The lowest BCUT2D eigenvalue weighted by atomic mass is 10.1. The fourth-order valence-electron chi connectivity index (χ4n) is 4.40. The minimum absolute atomic E-state index is 0.165. The van der Waals surface area contributed by atoms with Crippen molar-refractivity contribution >= 4 is 5.91 Å². The summed E-state index contributed by atoms with van der Waals surface area (Å²) in [6, 6.07) is 9.85. The Morgan fingerprint density at radius 1 is 1.29 bits per heavy atom. The summed E-state index contributed by atoms with van der Waals surface area (Å²) in [5.41, 5.74) is 2.67. The van der Waals surface area contributed by atoms with Gasteiger partial charge in [-0.1, -0.05) is 17.0 Å². The number of carbonyl (C=O) groups excluding carboxylic acids is 1. The van der Waals surface area contributed by atoms with Crippen LogP contribution in [-0.2, 0) is 11.3 Å². The van der Waals surface area contributed by atoms with E-state index in [-0.39, 0.29) is 5.91 Å². The van der Waals surface area contributed by atoms with Crippen molar-refractivity contribution in [2.75, 3.05) is 13.1 Å². The average Bonchev–Trinajstić information content (AvgIpc) is 3.24. The van der Waals surface area contributed by atoms with E-state index < -0.39 is 6.10 Å². The van der Waals surface area contributed by atoms with Gasteiger partial charge < -0.3 is 19.1 Å². The van der Waals surface area contributed by atoms with Gasteiger partial charge in [-0.25, -0.2) is 4.98 Å². The molecule has 7 nitrogen and oxygen atoms in total. The number of imidazole rings is 1. The molecule has 1 saturated heterocycles. The Bertz CT molecular complexity index is 1150. The summed E-state index contributed by atoms with van der Waals surface area (Å²) >= 11 is 0. The number of benzene rings is 1. The summed E-state index contributed by atoms with van der Waals surface area (Å²) < 4.78 is 7.37. The number of fused-ring (bicyclic) bond motifs is 1. The molecule has 2 aromatic heterocycles. The largest absolute Gasteiger partial charge is 0.385 e. The average molecular weight is 416 g/mol. The standard InChI is InChI=1S/C24H24N4O3/c1-15(29)24-25-9-10-27(24)12-19-11-23(31-26-19)18-6-3-17(4-7-18)5-8-20-21-13-28(16(2)30)14-22(20)21/h3-4,6-7,9-11,15,20-22,29H,12-14H2,1-2H3/t15-,20?,21-,22+/m0/s1. The van der Waals surface area contributed by atoms with Gasteiger partial charge in [-0.15, -0.1) is 0 Å². The molecule has 1 unspecified atom stereocenters. The van der Waals surface area contributed by atoms with Crippen LogP contribution in [0.3, 0.4) is 0 Å². The molecule has 2 fully saturated rings.